The molecule has 0 saturated heterocycles. The lowest BCUT2D eigenvalue weighted by molar-refractivity contribution is 0.0724. The number of halogens is 1. The maximum absolute atomic E-state index is 12.8. The second-order valence-electron chi connectivity index (χ2n) is 4.66. The summed E-state index contributed by atoms with van der Waals surface area (Å²) in [5, 5.41) is 9.56. The highest BCUT2D eigenvalue weighted by Gasteiger charge is 2.33. The van der Waals surface area contributed by atoms with Crippen LogP contribution in [0.1, 0.15) is 30.1 Å². The Balaban J connectivity index is 2.18. The Bertz CT molecular complexity index is 443. The van der Waals surface area contributed by atoms with Gasteiger partial charge in [0.05, 0.1) is 5.56 Å². The Morgan fingerprint density at radius 3 is 2.71 bits per heavy atom. The summed E-state index contributed by atoms with van der Waals surface area (Å²) in [5.74, 6) is -0.546. The fourth-order valence-electron chi connectivity index (χ4n) is 1.96. The van der Waals surface area contributed by atoms with Crippen molar-refractivity contribution in [2.75, 3.05) is 7.05 Å². The molecule has 0 spiro atoms. The molecule has 0 radical (unpaired) electrons. The summed E-state index contributed by atoms with van der Waals surface area (Å²) < 4.78 is 12.8. The minimum atomic E-state index is -0.544. The maximum atomic E-state index is 12.8. The Hall–Kier alpha value is -1.58. The van der Waals surface area contributed by atoms with Crippen LogP contribution in [0.15, 0.2) is 18.2 Å². The molecule has 1 N–H and O–H groups in total. The monoisotopic (exact) mass is 237 g/mol. The molecule has 0 aliphatic heterocycles. The summed E-state index contributed by atoms with van der Waals surface area (Å²) in [7, 11) is 1.72. The Morgan fingerprint density at radius 2 is 2.18 bits per heavy atom. The summed E-state index contributed by atoms with van der Waals surface area (Å²) in [5.41, 5.74) is 0.154. The molecule has 0 aromatic heterocycles. The molecule has 1 saturated carbocycles. The smallest absolute Gasteiger partial charge is 0.257 e. The van der Waals surface area contributed by atoms with Crippen LogP contribution in [-0.2, 0) is 0 Å². The molecule has 1 aliphatic carbocycles. The number of phenolic OH excluding ortho intramolecular Hbond substituents is 1. The third-order valence-corrected chi connectivity index (χ3v) is 3.43. The summed E-state index contributed by atoms with van der Waals surface area (Å²) in [4.78, 5) is 13.7. The van der Waals surface area contributed by atoms with E-state index < -0.39 is 5.82 Å². The van der Waals surface area contributed by atoms with Crippen molar-refractivity contribution in [2.45, 2.75) is 25.8 Å². The molecule has 1 aliphatic rings. The van der Waals surface area contributed by atoms with Gasteiger partial charge in [-0.05, 0) is 37.8 Å². The molecule has 1 fully saturated rings. The van der Waals surface area contributed by atoms with Crippen molar-refractivity contribution < 1.29 is 14.3 Å². The fraction of sp³-hybridized carbons (Fsp3) is 0.462. The molecule has 2 rings (SSSR count). The van der Waals surface area contributed by atoms with Crippen LogP contribution in [0.3, 0.4) is 0 Å². The quantitative estimate of drug-likeness (QED) is 0.877. The van der Waals surface area contributed by atoms with Crippen molar-refractivity contribution in [3.8, 4) is 5.75 Å². The highest BCUT2D eigenvalue weighted by atomic mass is 19.1. The molecule has 4 heteroatoms. The van der Waals surface area contributed by atoms with Crippen LogP contribution in [0.2, 0.25) is 0 Å². The number of rotatable bonds is 3. The lowest BCUT2D eigenvalue weighted by atomic mass is 10.1. The van der Waals surface area contributed by atoms with E-state index in [2.05, 4.69) is 0 Å². The normalized spacial score (nSPS) is 16.6. The lowest BCUT2D eigenvalue weighted by Crippen LogP contribution is -2.36. The highest BCUT2D eigenvalue weighted by Crippen LogP contribution is 2.35. The van der Waals surface area contributed by atoms with Gasteiger partial charge in [0.15, 0.2) is 0 Å². The highest BCUT2D eigenvalue weighted by molar-refractivity contribution is 5.96. The van der Waals surface area contributed by atoms with Crippen molar-refractivity contribution >= 4 is 5.91 Å². The van der Waals surface area contributed by atoms with Crippen LogP contribution >= 0.6 is 0 Å². The van der Waals surface area contributed by atoms with E-state index in [9.17, 15) is 14.3 Å². The Labute approximate surface area is 99.9 Å². The van der Waals surface area contributed by atoms with Crippen LogP contribution in [0.5, 0.6) is 5.75 Å². The summed E-state index contributed by atoms with van der Waals surface area (Å²) in [6.45, 7) is 2.00. The van der Waals surface area contributed by atoms with Gasteiger partial charge in [-0.3, -0.25) is 4.79 Å². The second kappa shape index (κ2) is 4.35. The largest absolute Gasteiger partial charge is 0.507 e. The molecule has 17 heavy (non-hydrogen) atoms. The van der Waals surface area contributed by atoms with Crippen LogP contribution in [0, 0.1) is 11.7 Å². The minimum Gasteiger partial charge on any atom is -0.507 e. The van der Waals surface area contributed by atoms with Gasteiger partial charge in [-0.1, -0.05) is 0 Å². The number of phenols is 1. The first-order valence-electron chi connectivity index (χ1n) is 5.76. The van der Waals surface area contributed by atoms with Crippen molar-refractivity contribution in [1.29, 1.82) is 0 Å². The number of amides is 1. The van der Waals surface area contributed by atoms with Gasteiger partial charge in [0, 0.05) is 19.2 Å². The molecule has 0 heterocycles. The molecule has 1 aromatic rings. The summed E-state index contributed by atoms with van der Waals surface area (Å²) >= 11 is 0. The fourth-order valence-corrected chi connectivity index (χ4v) is 1.96. The van der Waals surface area contributed by atoms with Crippen molar-refractivity contribution in [3.05, 3.63) is 29.6 Å². The molecule has 3 nitrogen and oxygen atoms in total. The van der Waals surface area contributed by atoms with Gasteiger partial charge in [-0.15, -0.1) is 0 Å². The van der Waals surface area contributed by atoms with E-state index in [0.717, 1.165) is 18.9 Å². The van der Waals surface area contributed by atoms with E-state index in [1.807, 2.05) is 6.92 Å². The van der Waals surface area contributed by atoms with Gasteiger partial charge >= 0.3 is 0 Å². The number of carbonyl (C=O) groups is 1. The predicted molar refractivity (Wildman–Crippen MR) is 62.3 cm³/mol. The molecule has 92 valence electrons. The summed E-state index contributed by atoms with van der Waals surface area (Å²) in [6, 6.07) is 3.63. The van der Waals surface area contributed by atoms with Crippen LogP contribution < -0.4 is 0 Å². The number of hydrogen-bond acceptors (Lipinski definition) is 2. The first-order valence-corrected chi connectivity index (χ1v) is 5.76. The topological polar surface area (TPSA) is 40.5 Å². The SMILES string of the molecule is CC(C1CC1)N(C)C(=O)c1ccc(F)cc1O. The van der Waals surface area contributed by atoms with E-state index in [4.69, 9.17) is 0 Å². The first kappa shape index (κ1) is 11.9. The maximum Gasteiger partial charge on any atom is 0.257 e. The Morgan fingerprint density at radius 1 is 1.53 bits per heavy atom. The van der Waals surface area contributed by atoms with E-state index >= 15 is 0 Å². The van der Waals surface area contributed by atoms with Gasteiger partial charge in [0.25, 0.3) is 5.91 Å². The van der Waals surface area contributed by atoms with Crippen molar-refractivity contribution in [2.24, 2.45) is 5.92 Å². The molecular formula is C13H16FNO2. The third kappa shape index (κ3) is 2.40. The average molecular weight is 237 g/mol. The second-order valence-corrected chi connectivity index (χ2v) is 4.66. The molecular weight excluding hydrogens is 221 g/mol. The van der Waals surface area contributed by atoms with Crippen molar-refractivity contribution in [3.63, 3.8) is 0 Å². The Kier molecular flexibility index (Phi) is 3.05. The third-order valence-electron chi connectivity index (χ3n) is 3.43. The van der Waals surface area contributed by atoms with Crippen LogP contribution in [-0.4, -0.2) is 29.0 Å². The number of aromatic hydroxyl groups is 1. The number of benzene rings is 1. The molecule has 0 bridgehead atoms. The zero-order valence-electron chi connectivity index (χ0n) is 9.98. The average Bonchev–Trinajstić information content (AvgIpc) is 3.10. The van der Waals surface area contributed by atoms with Gasteiger partial charge in [-0.25, -0.2) is 4.39 Å². The summed E-state index contributed by atoms with van der Waals surface area (Å²) in [6.07, 6.45) is 2.29. The standard InChI is InChI=1S/C13H16FNO2/c1-8(9-3-4-9)15(2)13(17)11-6-5-10(14)7-12(11)16/h5-9,16H,3-4H2,1-2H3. The molecule has 1 amide bonds. The number of nitrogens with zero attached hydrogens (tertiary/aromatic N) is 1. The van der Waals surface area contributed by atoms with Crippen LogP contribution in [0.25, 0.3) is 0 Å². The van der Waals surface area contributed by atoms with Gasteiger partial charge < -0.3 is 10.0 Å². The van der Waals surface area contributed by atoms with Crippen LogP contribution in [0.4, 0.5) is 4.39 Å². The number of hydrogen-bond donors (Lipinski definition) is 1. The van der Waals surface area contributed by atoms with E-state index in [1.165, 1.54) is 12.1 Å². The van der Waals surface area contributed by atoms with Gasteiger partial charge in [0.1, 0.15) is 11.6 Å². The van der Waals surface area contributed by atoms with E-state index in [0.29, 0.717) is 5.92 Å². The zero-order chi connectivity index (χ0) is 12.6. The molecule has 1 atom stereocenters. The first-order chi connectivity index (χ1) is 8.00. The minimum absolute atomic E-state index is 0.154. The number of carbonyl (C=O) groups excluding carboxylic acids is 1. The molecule has 1 unspecified atom stereocenters. The van der Waals surface area contributed by atoms with E-state index in [1.54, 1.807) is 11.9 Å². The van der Waals surface area contributed by atoms with Crippen molar-refractivity contribution in [1.82, 2.24) is 4.90 Å². The predicted octanol–water partition coefficient (Wildman–Crippen LogP) is 2.40. The van der Waals surface area contributed by atoms with Gasteiger partial charge in [-0.2, -0.15) is 0 Å². The lowest BCUT2D eigenvalue weighted by Gasteiger charge is -2.25. The zero-order valence-corrected chi connectivity index (χ0v) is 9.98. The van der Waals surface area contributed by atoms with Gasteiger partial charge in [0.2, 0.25) is 0 Å². The molecule has 1 aromatic carbocycles. The van der Waals surface area contributed by atoms with E-state index in [-0.39, 0.29) is 23.3 Å².